The molecule has 0 saturated carbocycles. The molecular formula is C34H39ClN4O4. The Hall–Kier alpha value is -3.88. The van der Waals surface area contributed by atoms with Gasteiger partial charge in [0, 0.05) is 55.5 Å². The largest absolute Gasteiger partial charge is 0.464 e. The Morgan fingerprint density at radius 3 is 2.44 bits per heavy atom. The molecule has 0 aliphatic carbocycles. The third kappa shape index (κ3) is 7.94. The molecule has 9 heteroatoms. The maximum Gasteiger partial charge on any atom is 0.328 e. The second-order valence-electron chi connectivity index (χ2n) is 11.1. The highest BCUT2D eigenvalue weighted by Crippen LogP contribution is 2.26. The Bertz CT molecular complexity index is 1420. The highest BCUT2D eigenvalue weighted by atomic mass is 35.5. The molecule has 0 unspecified atom stereocenters. The summed E-state index contributed by atoms with van der Waals surface area (Å²) in [5.74, 6) is -1.05. The molecule has 1 fully saturated rings. The molecule has 43 heavy (non-hydrogen) atoms. The predicted molar refractivity (Wildman–Crippen MR) is 168 cm³/mol. The molecule has 1 saturated heterocycles. The number of fused-ring (bicyclic) bond motifs is 1. The molecule has 2 amide bonds. The van der Waals surface area contributed by atoms with Crippen LogP contribution in [-0.4, -0.2) is 79.5 Å². The zero-order valence-electron chi connectivity index (χ0n) is 24.6. The first kappa shape index (κ1) is 30.6. The van der Waals surface area contributed by atoms with Gasteiger partial charge in [0.15, 0.2) is 0 Å². The number of nitrogens with zero attached hydrogens (tertiary/aromatic N) is 3. The molecule has 1 atom stereocenters. The van der Waals surface area contributed by atoms with Crippen LogP contribution >= 0.6 is 11.6 Å². The van der Waals surface area contributed by atoms with Crippen LogP contribution in [0.4, 0.5) is 5.69 Å². The van der Waals surface area contributed by atoms with E-state index in [9.17, 15) is 14.4 Å². The van der Waals surface area contributed by atoms with Gasteiger partial charge in [0.1, 0.15) is 6.04 Å². The number of hydrogen-bond acceptors (Lipinski definition) is 6. The van der Waals surface area contributed by atoms with Crippen molar-refractivity contribution in [2.24, 2.45) is 0 Å². The van der Waals surface area contributed by atoms with Gasteiger partial charge in [-0.05, 0) is 61.1 Å². The minimum atomic E-state index is -0.830. The van der Waals surface area contributed by atoms with Crippen LogP contribution < -0.4 is 10.2 Å². The van der Waals surface area contributed by atoms with Crippen LogP contribution in [0.1, 0.15) is 40.4 Å². The molecule has 0 bridgehead atoms. The average molecular weight is 603 g/mol. The van der Waals surface area contributed by atoms with Gasteiger partial charge in [0.05, 0.1) is 13.2 Å². The number of carbonyl (C=O) groups excluding carboxylic acids is 3. The normalized spacial score (nSPS) is 16.0. The third-order valence-corrected chi connectivity index (χ3v) is 8.52. The smallest absolute Gasteiger partial charge is 0.328 e. The zero-order valence-corrected chi connectivity index (χ0v) is 25.4. The van der Waals surface area contributed by atoms with Gasteiger partial charge in [-0.15, -0.1) is 0 Å². The number of carbonyl (C=O) groups is 3. The van der Waals surface area contributed by atoms with Crippen LogP contribution in [0.3, 0.4) is 0 Å². The fourth-order valence-electron chi connectivity index (χ4n) is 5.77. The van der Waals surface area contributed by atoms with Crippen molar-refractivity contribution in [1.82, 2.24) is 15.1 Å². The molecule has 0 radical (unpaired) electrons. The first-order chi connectivity index (χ1) is 20.9. The van der Waals surface area contributed by atoms with Crippen LogP contribution in [0.15, 0.2) is 72.8 Å². The van der Waals surface area contributed by atoms with Crippen LogP contribution in [0.25, 0.3) is 0 Å². The van der Waals surface area contributed by atoms with Gasteiger partial charge < -0.3 is 19.9 Å². The molecule has 0 spiro atoms. The predicted octanol–water partition coefficient (Wildman–Crippen LogP) is 4.34. The Labute approximate surface area is 258 Å². The highest BCUT2D eigenvalue weighted by molar-refractivity contribution is 6.31. The molecule has 8 nitrogen and oxygen atoms in total. The number of esters is 1. The standard InChI is InChI=1S/C34H39ClN4O4/c1-2-43-34(42)31(15-13-27-10-6-7-11-30(27)35)36-32(40)24-39-17-16-26-12-14-28(22-29(26)33(39)41)38-20-18-37(19-21-38)23-25-8-4-3-5-9-25/h3-12,14,22,31H,2,13,15-21,23-24H2,1H3,(H,36,40)/t31-/m0/s1. The summed E-state index contributed by atoms with van der Waals surface area (Å²) in [6.45, 7) is 6.87. The molecule has 0 aromatic heterocycles. The molecule has 226 valence electrons. The summed E-state index contributed by atoms with van der Waals surface area (Å²) in [4.78, 5) is 45.6. The fraction of sp³-hybridized carbons (Fsp3) is 0.382. The number of hydrogen-bond donors (Lipinski definition) is 1. The van der Waals surface area contributed by atoms with Crippen molar-refractivity contribution >= 4 is 35.1 Å². The molecular weight excluding hydrogens is 564 g/mol. The Balaban J connectivity index is 1.18. The Kier molecular flexibility index (Phi) is 10.3. The number of amides is 2. The topological polar surface area (TPSA) is 82.2 Å². The number of halogens is 1. The second kappa shape index (κ2) is 14.5. The van der Waals surface area contributed by atoms with Crippen molar-refractivity contribution in [3.8, 4) is 0 Å². The van der Waals surface area contributed by atoms with Gasteiger partial charge in [0.2, 0.25) is 5.91 Å². The first-order valence-electron chi connectivity index (χ1n) is 15.0. The van der Waals surface area contributed by atoms with E-state index < -0.39 is 12.0 Å². The molecule has 5 rings (SSSR count). The molecule has 3 aromatic rings. The zero-order chi connectivity index (χ0) is 30.2. The van der Waals surface area contributed by atoms with Gasteiger partial charge in [-0.2, -0.15) is 0 Å². The van der Waals surface area contributed by atoms with Crippen molar-refractivity contribution in [3.63, 3.8) is 0 Å². The highest BCUT2D eigenvalue weighted by Gasteiger charge is 2.29. The molecule has 2 aliphatic rings. The monoisotopic (exact) mass is 602 g/mol. The summed E-state index contributed by atoms with van der Waals surface area (Å²) in [6.07, 6.45) is 1.52. The Morgan fingerprint density at radius 2 is 1.70 bits per heavy atom. The van der Waals surface area contributed by atoms with E-state index in [0.29, 0.717) is 36.4 Å². The lowest BCUT2D eigenvalue weighted by atomic mass is 9.97. The number of piperazine rings is 1. The van der Waals surface area contributed by atoms with Gasteiger partial charge in [-0.1, -0.05) is 66.2 Å². The lowest BCUT2D eigenvalue weighted by Gasteiger charge is -2.37. The Morgan fingerprint density at radius 1 is 0.953 bits per heavy atom. The van der Waals surface area contributed by atoms with Gasteiger partial charge in [0.25, 0.3) is 5.91 Å². The maximum absolute atomic E-state index is 13.5. The fourth-order valence-corrected chi connectivity index (χ4v) is 6.00. The number of ether oxygens (including phenoxy) is 1. The molecule has 1 N–H and O–H groups in total. The number of benzene rings is 3. The minimum absolute atomic E-state index is 0.122. The summed E-state index contributed by atoms with van der Waals surface area (Å²) >= 11 is 6.28. The van der Waals surface area contributed by atoms with Gasteiger partial charge in [-0.25, -0.2) is 4.79 Å². The summed E-state index contributed by atoms with van der Waals surface area (Å²) in [5, 5.41) is 3.42. The SMILES string of the molecule is CCOC(=O)[C@H](CCc1ccccc1Cl)NC(=O)CN1CCc2ccc(N3CCN(Cc4ccccc4)CC3)cc2C1=O. The van der Waals surface area contributed by atoms with Gasteiger partial charge in [-0.3, -0.25) is 14.5 Å². The number of aryl methyl sites for hydroxylation is 1. The first-order valence-corrected chi connectivity index (χ1v) is 15.4. The maximum atomic E-state index is 13.5. The third-order valence-electron chi connectivity index (χ3n) is 8.15. The average Bonchev–Trinajstić information content (AvgIpc) is 3.02. The van der Waals surface area contributed by atoms with Crippen molar-refractivity contribution in [3.05, 3.63) is 100 Å². The number of anilines is 1. The quantitative estimate of drug-likeness (QED) is 0.329. The minimum Gasteiger partial charge on any atom is -0.464 e. The van der Waals surface area contributed by atoms with E-state index in [2.05, 4.69) is 45.4 Å². The van der Waals surface area contributed by atoms with Crippen molar-refractivity contribution in [1.29, 1.82) is 0 Å². The summed E-state index contributed by atoms with van der Waals surface area (Å²) in [6, 6.07) is 23.2. The van der Waals surface area contributed by atoms with E-state index in [1.165, 1.54) is 5.56 Å². The number of rotatable bonds is 11. The van der Waals surface area contributed by atoms with E-state index in [4.69, 9.17) is 16.3 Å². The van der Waals surface area contributed by atoms with E-state index >= 15 is 0 Å². The van der Waals surface area contributed by atoms with E-state index in [-0.39, 0.29) is 25.0 Å². The summed E-state index contributed by atoms with van der Waals surface area (Å²) in [7, 11) is 0. The lowest BCUT2D eigenvalue weighted by molar-refractivity contribution is -0.147. The van der Waals surface area contributed by atoms with E-state index in [1.807, 2.05) is 36.4 Å². The van der Waals surface area contributed by atoms with Crippen LogP contribution in [-0.2, 0) is 33.7 Å². The molecule has 2 heterocycles. The molecule has 2 aliphatic heterocycles. The lowest BCUT2D eigenvalue weighted by Crippen LogP contribution is -2.49. The van der Waals surface area contributed by atoms with Crippen molar-refractivity contribution < 1.29 is 19.1 Å². The molecule has 3 aromatic carbocycles. The second-order valence-corrected chi connectivity index (χ2v) is 11.5. The van der Waals surface area contributed by atoms with Crippen LogP contribution in [0.5, 0.6) is 0 Å². The summed E-state index contributed by atoms with van der Waals surface area (Å²) in [5.41, 5.74) is 4.87. The summed E-state index contributed by atoms with van der Waals surface area (Å²) < 4.78 is 5.21. The van der Waals surface area contributed by atoms with E-state index in [0.717, 1.165) is 49.5 Å². The van der Waals surface area contributed by atoms with E-state index in [1.54, 1.807) is 17.9 Å². The van der Waals surface area contributed by atoms with Crippen LogP contribution in [0.2, 0.25) is 5.02 Å². The number of nitrogens with one attached hydrogen (secondary N) is 1. The van der Waals surface area contributed by atoms with Crippen molar-refractivity contribution in [2.45, 2.75) is 38.8 Å². The van der Waals surface area contributed by atoms with Gasteiger partial charge >= 0.3 is 5.97 Å². The van der Waals surface area contributed by atoms with Crippen LogP contribution in [0, 0.1) is 0 Å². The van der Waals surface area contributed by atoms with Crippen molar-refractivity contribution in [2.75, 3.05) is 50.8 Å².